The topological polar surface area (TPSA) is 60.1 Å². The van der Waals surface area contributed by atoms with Crippen molar-refractivity contribution in [1.29, 1.82) is 5.26 Å². The van der Waals surface area contributed by atoms with E-state index in [1.165, 1.54) is 0 Å². The number of hydrogen-bond donors (Lipinski definition) is 1. The highest BCUT2D eigenvalue weighted by molar-refractivity contribution is 5.58. The van der Waals surface area contributed by atoms with Crippen LogP contribution in [0.4, 0.5) is 5.69 Å². The van der Waals surface area contributed by atoms with Gasteiger partial charge < -0.3 is 10.0 Å². The molecule has 4 heteroatoms. The normalized spacial score (nSPS) is 11.7. The van der Waals surface area contributed by atoms with Gasteiger partial charge in [-0.15, -0.1) is 0 Å². The average Bonchev–Trinajstić information content (AvgIpc) is 2.47. The van der Waals surface area contributed by atoms with Gasteiger partial charge in [-0.25, -0.2) is 0 Å². The number of aromatic nitrogens is 1. The van der Waals surface area contributed by atoms with Crippen LogP contribution in [0.2, 0.25) is 0 Å². The summed E-state index contributed by atoms with van der Waals surface area (Å²) in [5.41, 5.74) is 3.34. The Labute approximate surface area is 118 Å². The number of benzene rings is 1. The van der Waals surface area contributed by atoms with Crippen molar-refractivity contribution in [2.24, 2.45) is 0 Å². The number of hydrogen-bond acceptors (Lipinski definition) is 4. The van der Waals surface area contributed by atoms with Crippen LogP contribution in [0.15, 0.2) is 42.7 Å². The molecule has 0 aliphatic carbocycles. The van der Waals surface area contributed by atoms with Gasteiger partial charge in [0.15, 0.2) is 0 Å². The molecule has 20 heavy (non-hydrogen) atoms. The molecule has 0 radical (unpaired) electrons. The minimum atomic E-state index is -0.575. The highest BCUT2D eigenvalue weighted by Crippen LogP contribution is 2.27. The Balaban J connectivity index is 2.32. The number of aliphatic hydroxyl groups is 1. The van der Waals surface area contributed by atoms with Crippen molar-refractivity contribution in [2.45, 2.75) is 19.6 Å². The van der Waals surface area contributed by atoms with Crippen molar-refractivity contribution >= 4 is 5.69 Å². The van der Waals surface area contributed by atoms with E-state index < -0.39 is 6.10 Å². The Morgan fingerprint density at radius 3 is 2.80 bits per heavy atom. The molecular weight excluding hydrogens is 250 g/mol. The molecule has 0 aliphatic rings. The maximum absolute atomic E-state index is 9.86. The van der Waals surface area contributed by atoms with Crippen LogP contribution >= 0.6 is 0 Å². The molecule has 0 spiro atoms. The lowest BCUT2D eigenvalue weighted by Gasteiger charge is -2.24. The van der Waals surface area contributed by atoms with E-state index in [4.69, 9.17) is 5.26 Å². The van der Waals surface area contributed by atoms with Gasteiger partial charge in [-0.2, -0.15) is 5.26 Å². The van der Waals surface area contributed by atoms with E-state index in [0.717, 1.165) is 16.8 Å². The van der Waals surface area contributed by atoms with Crippen molar-refractivity contribution in [3.63, 3.8) is 0 Å². The van der Waals surface area contributed by atoms with Gasteiger partial charge in [-0.05, 0) is 30.7 Å². The number of aliphatic hydroxyl groups excluding tert-OH is 1. The van der Waals surface area contributed by atoms with Crippen LogP contribution in [0.5, 0.6) is 0 Å². The molecule has 0 saturated carbocycles. The molecule has 1 atom stereocenters. The molecule has 2 rings (SSSR count). The van der Waals surface area contributed by atoms with Gasteiger partial charge >= 0.3 is 0 Å². The summed E-state index contributed by atoms with van der Waals surface area (Å²) in [6.07, 6.45) is 2.97. The highest BCUT2D eigenvalue weighted by atomic mass is 16.3. The van der Waals surface area contributed by atoms with Gasteiger partial charge in [0.1, 0.15) is 0 Å². The Kier molecular flexibility index (Phi) is 4.34. The Morgan fingerprint density at radius 2 is 2.20 bits per heavy atom. The molecular formula is C16H17N3O. The molecule has 1 aromatic carbocycles. The fourth-order valence-corrected chi connectivity index (χ4v) is 2.15. The van der Waals surface area contributed by atoms with Crippen LogP contribution in [-0.4, -0.2) is 17.1 Å². The first-order valence-electron chi connectivity index (χ1n) is 6.44. The molecule has 0 fully saturated rings. The largest absolute Gasteiger partial charge is 0.389 e. The fourth-order valence-electron chi connectivity index (χ4n) is 2.15. The van der Waals surface area contributed by atoms with Crippen LogP contribution in [0.25, 0.3) is 0 Å². The zero-order chi connectivity index (χ0) is 14.5. The molecule has 0 bridgehead atoms. The molecule has 1 aromatic heterocycles. The van der Waals surface area contributed by atoms with Crippen molar-refractivity contribution in [3.8, 4) is 6.07 Å². The van der Waals surface area contributed by atoms with Gasteiger partial charge in [0.25, 0.3) is 0 Å². The summed E-state index contributed by atoms with van der Waals surface area (Å²) in [5.74, 6) is 0. The third-order valence-corrected chi connectivity index (χ3v) is 3.16. The molecule has 0 aliphatic heterocycles. The molecule has 4 nitrogen and oxygen atoms in total. The van der Waals surface area contributed by atoms with Crippen LogP contribution in [0, 0.1) is 11.3 Å². The number of nitrogens with zero attached hydrogens (tertiary/aromatic N) is 3. The van der Waals surface area contributed by atoms with Crippen molar-refractivity contribution < 1.29 is 5.11 Å². The summed E-state index contributed by atoms with van der Waals surface area (Å²) in [7, 11) is 1.94. The van der Waals surface area contributed by atoms with Crippen LogP contribution in [0.3, 0.4) is 0 Å². The number of pyridine rings is 1. The molecule has 1 heterocycles. The monoisotopic (exact) mass is 267 g/mol. The van der Waals surface area contributed by atoms with Crippen LogP contribution in [0.1, 0.15) is 29.7 Å². The lowest BCUT2D eigenvalue weighted by atomic mass is 10.0. The molecule has 0 amide bonds. The van der Waals surface area contributed by atoms with Gasteiger partial charge in [0.2, 0.25) is 0 Å². The van der Waals surface area contributed by atoms with Crippen molar-refractivity contribution in [2.75, 3.05) is 11.9 Å². The SMILES string of the molecule is CC(O)c1ccc(C#N)cc1N(C)Cc1cccnc1. The second-order valence-electron chi connectivity index (χ2n) is 4.78. The minimum Gasteiger partial charge on any atom is -0.389 e. The van der Waals surface area contributed by atoms with Crippen LogP contribution in [-0.2, 0) is 6.54 Å². The lowest BCUT2D eigenvalue weighted by molar-refractivity contribution is 0.199. The highest BCUT2D eigenvalue weighted by Gasteiger charge is 2.13. The van der Waals surface area contributed by atoms with E-state index in [1.807, 2.05) is 30.3 Å². The molecule has 102 valence electrons. The Bertz CT molecular complexity index is 617. The standard InChI is InChI=1S/C16H17N3O/c1-12(20)15-6-5-13(9-17)8-16(15)19(2)11-14-4-3-7-18-10-14/h3-8,10,12,20H,11H2,1-2H3. The summed E-state index contributed by atoms with van der Waals surface area (Å²) in [6.45, 7) is 2.39. The van der Waals surface area contributed by atoms with Gasteiger partial charge in [0, 0.05) is 37.2 Å². The van der Waals surface area contributed by atoms with E-state index in [2.05, 4.69) is 11.1 Å². The molecule has 0 saturated heterocycles. The smallest absolute Gasteiger partial charge is 0.0992 e. The number of anilines is 1. The number of nitriles is 1. The Hall–Kier alpha value is -2.38. The summed E-state index contributed by atoms with van der Waals surface area (Å²) in [6, 6.07) is 11.4. The second kappa shape index (κ2) is 6.18. The maximum atomic E-state index is 9.86. The van der Waals surface area contributed by atoms with E-state index in [9.17, 15) is 5.11 Å². The van der Waals surface area contributed by atoms with E-state index in [-0.39, 0.29) is 0 Å². The summed E-state index contributed by atoms with van der Waals surface area (Å²) < 4.78 is 0. The molecule has 1 N–H and O–H groups in total. The van der Waals surface area contributed by atoms with E-state index in [0.29, 0.717) is 12.1 Å². The van der Waals surface area contributed by atoms with Gasteiger partial charge in [-0.1, -0.05) is 12.1 Å². The maximum Gasteiger partial charge on any atom is 0.0992 e. The zero-order valence-corrected chi connectivity index (χ0v) is 11.6. The summed E-state index contributed by atoms with van der Waals surface area (Å²) >= 11 is 0. The predicted octanol–water partition coefficient (Wildman–Crippen LogP) is 2.64. The summed E-state index contributed by atoms with van der Waals surface area (Å²) in [5, 5.41) is 18.9. The third-order valence-electron chi connectivity index (χ3n) is 3.16. The van der Waals surface area contributed by atoms with E-state index in [1.54, 1.807) is 31.3 Å². The van der Waals surface area contributed by atoms with Gasteiger partial charge in [0.05, 0.1) is 17.7 Å². The first-order valence-corrected chi connectivity index (χ1v) is 6.44. The summed E-state index contributed by atoms with van der Waals surface area (Å²) in [4.78, 5) is 6.11. The first-order chi connectivity index (χ1) is 9.61. The van der Waals surface area contributed by atoms with Crippen LogP contribution < -0.4 is 4.90 Å². The quantitative estimate of drug-likeness (QED) is 0.925. The molecule has 1 unspecified atom stereocenters. The number of rotatable bonds is 4. The predicted molar refractivity (Wildman–Crippen MR) is 78.1 cm³/mol. The lowest BCUT2D eigenvalue weighted by Crippen LogP contribution is -2.19. The fraction of sp³-hybridized carbons (Fsp3) is 0.250. The minimum absolute atomic E-state index is 0.575. The Morgan fingerprint density at radius 1 is 1.40 bits per heavy atom. The zero-order valence-electron chi connectivity index (χ0n) is 11.6. The average molecular weight is 267 g/mol. The molecule has 2 aromatic rings. The van der Waals surface area contributed by atoms with Gasteiger partial charge in [-0.3, -0.25) is 4.98 Å². The van der Waals surface area contributed by atoms with E-state index >= 15 is 0 Å². The second-order valence-corrected chi connectivity index (χ2v) is 4.78. The van der Waals surface area contributed by atoms with Crippen molar-refractivity contribution in [1.82, 2.24) is 4.98 Å². The van der Waals surface area contributed by atoms with Crippen molar-refractivity contribution in [3.05, 3.63) is 59.4 Å². The third kappa shape index (κ3) is 3.14. The first kappa shape index (κ1) is 14.0.